The fourth-order valence-electron chi connectivity index (χ4n) is 2.54. The number of hydrogen-bond acceptors (Lipinski definition) is 1. The molecule has 0 spiro atoms. The highest BCUT2D eigenvalue weighted by molar-refractivity contribution is 5.14. The molecular formula is C18H24O. The molecule has 0 N–H and O–H groups in total. The van der Waals surface area contributed by atoms with Crippen LogP contribution >= 0.6 is 0 Å². The van der Waals surface area contributed by atoms with Crippen LogP contribution in [0.4, 0.5) is 0 Å². The lowest BCUT2D eigenvalue weighted by Gasteiger charge is -2.22. The van der Waals surface area contributed by atoms with E-state index in [1.54, 1.807) is 0 Å². The molecule has 0 bridgehead atoms. The van der Waals surface area contributed by atoms with Crippen molar-refractivity contribution in [1.29, 1.82) is 0 Å². The summed E-state index contributed by atoms with van der Waals surface area (Å²) in [5.41, 5.74) is 2.55. The van der Waals surface area contributed by atoms with E-state index in [-0.39, 0.29) is 6.10 Å². The third kappa shape index (κ3) is 4.68. The highest BCUT2D eigenvalue weighted by Crippen LogP contribution is 2.26. The van der Waals surface area contributed by atoms with E-state index in [0.29, 0.717) is 12.5 Å². The van der Waals surface area contributed by atoms with Crippen molar-refractivity contribution in [1.82, 2.24) is 0 Å². The van der Waals surface area contributed by atoms with E-state index in [0.717, 1.165) is 6.42 Å². The molecule has 102 valence electrons. The molecule has 19 heavy (non-hydrogen) atoms. The Bertz CT molecular complexity index is 419. The molecule has 2 unspecified atom stereocenters. The van der Waals surface area contributed by atoms with Crippen molar-refractivity contribution in [2.45, 2.75) is 45.3 Å². The van der Waals surface area contributed by atoms with Crippen LogP contribution in [0.3, 0.4) is 0 Å². The summed E-state index contributed by atoms with van der Waals surface area (Å²) >= 11 is 0. The van der Waals surface area contributed by atoms with Gasteiger partial charge in [0, 0.05) is 0 Å². The van der Waals surface area contributed by atoms with Gasteiger partial charge in [-0.05, 0) is 44.1 Å². The normalized spacial score (nSPS) is 20.2. The zero-order valence-electron chi connectivity index (χ0n) is 11.8. The third-order valence-electron chi connectivity index (χ3n) is 3.71. The van der Waals surface area contributed by atoms with E-state index < -0.39 is 0 Å². The van der Waals surface area contributed by atoms with Crippen molar-refractivity contribution in [2.24, 2.45) is 5.92 Å². The molecule has 0 aromatic heterocycles. The van der Waals surface area contributed by atoms with E-state index in [1.807, 2.05) is 6.07 Å². The summed E-state index contributed by atoms with van der Waals surface area (Å²) in [5, 5.41) is 0. The maximum atomic E-state index is 5.90. The second-order valence-corrected chi connectivity index (χ2v) is 5.44. The Morgan fingerprint density at radius 3 is 2.84 bits per heavy atom. The topological polar surface area (TPSA) is 9.23 Å². The first-order chi connectivity index (χ1) is 9.25. The van der Waals surface area contributed by atoms with Gasteiger partial charge >= 0.3 is 0 Å². The van der Waals surface area contributed by atoms with Crippen LogP contribution in [0.1, 0.15) is 38.2 Å². The number of benzene rings is 1. The van der Waals surface area contributed by atoms with Gasteiger partial charge in [0.25, 0.3) is 0 Å². The minimum Gasteiger partial charge on any atom is -0.373 e. The summed E-state index contributed by atoms with van der Waals surface area (Å²) in [4.78, 5) is 0. The van der Waals surface area contributed by atoms with Crippen molar-refractivity contribution >= 4 is 0 Å². The minimum atomic E-state index is 0.239. The van der Waals surface area contributed by atoms with Crippen LogP contribution in [-0.2, 0) is 11.3 Å². The molecule has 0 saturated carbocycles. The number of rotatable bonds is 6. The van der Waals surface area contributed by atoms with Crippen molar-refractivity contribution in [3.05, 3.63) is 60.2 Å². The zero-order valence-corrected chi connectivity index (χ0v) is 11.8. The first-order valence-electron chi connectivity index (χ1n) is 7.25. The van der Waals surface area contributed by atoms with Crippen LogP contribution < -0.4 is 0 Å². The molecule has 2 atom stereocenters. The summed E-state index contributed by atoms with van der Waals surface area (Å²) in [5.74, 6) is 0.566. The van der Waals surface area contributed by atoms with E-state index in [1.165, 1.54) is 30.4 Å². The Morgan fingerprint density at radius 2 is 2.16 bits per heavy atom. The van der Waals surface area contributed by atoms with E-state index in [4.69, 9.17) is 4.74 Å². The van der Waals surface area contributed by atoms with E-state index in [9.17, 15) is 0 Å². The highest BCUT2D eigenvalue weighted by Gasteiger charge is 2.14. The van der Waals surface area contributed by atoms with Gasteiger partial charge in [-0.3, -0.25) is 0 Å². The minimum absolute atomic E-state index is 0.239. The van der Waals surface area contributed by atoms with Gasteiger partial charge in [-0.25, -0.2) is 0 Å². The van der Waals surface area contributed by atoms with Crippen molar-refractivity contribution in [3.63, 3.8) is 0 Å². The average Bonchev–Trinajstić information content (AvgIpc) is 2.47. The van der Waals surface area contributed by atoms with Gasteiger partial charge in [0.1, 0.15) is 0 Å². The number of hydrogen-bond donors (Lipinski definition) is 0. The predicted octanol–water partition coefficient (Wildman–Crippen LogP) is 4.89. The van der Waals surface area contributed by atoms with Crippen LogP contribution in [-0.4, -0.2) is 6.10 Å². The second kappa shape index (κ2) is 7.30. The van der Waals surface area contributed by atoms with Crippen LogP contribution in [0.15, 0.2) is 54.6 Å². The standard InChI is InChI=1S/C18H24O/c1-15(18-11-7-4-8-12-18)13-16(2)19-14-17-9-5-3-6-10-17/h3,5-7,9-11,16,18H,1,4,8,12-14H2,2H3. The summed E-state index contributed by atoms with van der Waals surface area (Å²) in [6.07, 6.45) is 9.57. The monoisotopic (exact) mass is 256 g/mol. The largest absolute Gasteiger partial charge is 0.373 e. The molecular weight excluding hydrogens is 232 g/mol. The zero-order chi connectivity index (χ0) is 13.5. The van der Waals surface area contributed by atoms with Crippen LogP contribution in [0.2, 0.25) is 0 Å². The maximum absolute atomic E-state index is 5.90. The van der Waals surface area contributed by atoms with Crippen LogP contribution in [0.5, 0.6) is 0 Å². The molecule has 0 aliphatic heterocycles. The average molecular weight is 256 g/mol. The van der Waals surface area contributed by atoms with Gasteiger partial charge in [0.05, 0.1) is 12.7 Å². The molecule has 0 radical (unpaired) electrons. The first-order valence-corrected chi connectivity index (χ1v) is 7.25. The fourth-order valence-corrected chi connectivity index (χ4v) is 2.54. The molecule has 2 rings (SSSR count). The lowest BCUT2D eigenvalue weighted by atomic mass is 9.87. The molecule has 0 saturated heterocycles. The van der Waals surface area contributed by atoms with E-state index in [2.05, 4.69) is 49.9 Å². The third-order valence-corrected chi connectivity index (χ3v) is 3.71. The molecule has 1 aromatic rings. The van der Waals surface area contributed by atoms with Gasteiger partial charge in [0.15, 0.2) is 0 Å². The van der Waals surface area contributed by atoms with Gasteiger partial charge < -0.3 is 4.74 Å². The summed E-state index contributed by atoms with van der Waals surface area (Å²) in [6, 6.07) is 10.3. The Labute approximate surface area is 117 Å². The molecule has 1 aliphatic carbocycles. The van der Waals surface area contributed by atoms with E-state index >= 15 is 0 Å². The first kappa shape index (κ1) is 14.1. The van der Waals surface area contributed by atoms with Crippen molar-refractivity contribution in [2.75, 3.05) is 0 Å². The van der Waals surface area contributed by atoms with Crippen LogP contribution in [0.25, 0.3) is 0 Å². The highest BCUT2D eigenvalue weighted by atomic mass is 16.5. The molecule has 0 heterocycles. The molecule has 1 heteroatoms. The summed E-state index contributed by atoms with van der Waals surface area (Å²) < 4.78 is 5.90. The fraction of sp³-hybridized carbons (Fsp3) is 0.444. The van der Waals surface area contributed by atoms with Gasteiger partial charge in [0.2, 0.25) is 0 Å². The SMILES string of the molecule is C=C(CC(C)OCc1ccccc1)C1C=CCCC1. The summed E-state index contributed by atoms with van der Waals surface area (Å²) in [6.45, 7) is 7.07. The molecule has 0 fully saturated rings. The quantitative estimate of drug-likeness (QED) is 0.658. The lowest BCUT2D eigenvalue weighted by molar-refractivity contribution is 0.0523. The Hall–Kier alpha value is -1.34. The number of allylic oxidation sites excluding steroid dienone is 2. The van der Waals surface area contributed by atoms with Gasteiger partial charge in [-0.1, -0.05) is 54.6 Å². The summed E-state index contributed by atoms with van der Waals surface area (Å²) in [7, 11) is 0. The Morgan fingerprint density at radius 1 is 1.37 bits per heavy atom. The molecule has 1 nitrogen and oxygen atoms in total. The maximum Gasteiger partial charge on any atom is 0.0720 e. The Kier molecular flexibility index (Phi) is 5.41. The van der Waals surface area contributed by atoms with Gasteiger partial charge in [-0.15, -0.1) is 0 Å². The molecule has 0 amide bonds. The van der Waals surface area contributed by atoms with Crippen LogP contribution in [0, 0.1) is 5.92 Å². The molecule has 1 aliphatic rings. The Balaban J connectivity index is 1.74. The predicted molar refractivity (Wildman–Crippen MR) is 80.9 cm³/mol. The smallest absolute Gasteiger partial charge is 0.0720 e. The molecule has 1 aromatic carbocycles. The van der Waals surface area contributed by atoms with Gasteiger partial charge in [-0.2, -0.15) is 0 Å². The second-order valence-electron chi connectivity index (χ2n) is 5.44. The lowest BCUT2D eigenvalue weighted by Crippen LogP contribution is -2.13. The van der Waals surface area contributed by atoms with Crippen molar-refractivity contribution in [3.8, 4) is 0 Å². The van der Waals surface area contributed by atoms with Crippen molar-refractivity contribution < 1.29 is 4.74 Å². The number of ether oxygens (including phenoxy) is 1.